The Balaban J connectivity index is 2.50. The summed E-state index contributed by atoms with van der Waals surface area (Å²) in [5.41, 5.74) is 0.369. The first-order valence-electron chi connectivity index (χ1n) is 4.97. The highest BCUT2D eigenvalue weighted by Gasteiger charge is 2.08. The zero-order valence-electron chi connectivity index (χ0n) is 8.74. The number of carbonyl (C=O) groups excluding carboxylic acids is 1. The number of phenolic OH excluding ortho intramolecular Hbond substituents is 2. The maximum Gasteiger partial charge on any atom is 0.176 e. The first-order valence-corrected chi connectivity index (χ1v) is 5.50. The molecule has 0 atom stereocenters. The van der Waals surface area contributed by atoms with E-state index in [0.717, 1.165) is 6.42 Å². The molecule has 0 saturated heterocycles. The van der Waals surface area contributed by atoms with Gasteiger partial charge in [0.1, 0.15) is 0 Å². The van der Waals surface area contributed by atoms with Gasteiger partial charge in [-0.15, -0.1) is 11.6 Å². The van der Waals surface area contributed by atoms with Crippen molar-refractivity contribution in [2.45, 2.75) is 6.42 Å². The van der Waals surface area contributed by atoms with Crippen molar-refractivity contribution >= 4 is 17.4 Å². The van der Waals surface area contributed by atoms with E-state index in [1.807, 2.05) is 0 Å². The van der Waals surface area contributed by atoms with Crippen molar-refractivity contribution in [2.75, 3.05) is 19.0 Å². The molecule has 3 N–H and O–H groups in total. The lowest BCUT2D eigenvalue weighted by molar-refractivity contribution is 0.0991. The third-order valence-corrected chi connectivity index (χ3v) is 2.34. The van der Waals surface area contributed by atoms with E-state index in [-0.39, 0.29) is 23.8 Å². The van der Waals surface area contributed by atoms with Crippen LogP contribution in [0.3, 0.4) is 0 Å². The molecule has 1 aromatic carbocycles. The second-order valence-electron chi connectivity index (χ2n) is 3.35. The van der Waals surface area contributed by atoms with Crippen LogP contribution in [0.25, 0.3) is 0 Å². The molecule has 1 rings (SSSR count). The van der Waals surface area contributed by atoms with E-state index in [9.17, 15) is 9.90 Å². The van der Waals surface area contributed by atoms with Crippen LogP contribution in [0.4, 0.5) is 0 Å². The molecule has 0 fully saturated rings. The fourth-order valence-corrected chi connectivity index (χ4v) is 1.33. The summed E-state index contributed by atoms with van der Waals surface area (Å²) in [6.07, 6.45) is 0.801. The lowest BCUT2D eigenvalue weighted by Crippen LogP contribution is -2.24. The van der Waals surface area contributed by atoms with Gasteiger partial charge in [-0.1, -0.05) is 0 Å². The molecule has 0 aromatic heterocycles. The smallest absolute Gasteiger partial charge is 0.176 e. The molecule has 0 radical (unpaired) electrons. The van der Waals surface area contributed by atoms with Crippen molar-refractivity contribution in [1.29, 1.82) is 0 Å². The Morgan fingerprint density at radius 3 is 2.69 bits per heavy atom. The molecular weight excluding hydrogens is 230 g/mol. The standard InChI is InChI=1S/C11H14ClNO3/c12-4-1-5-13-7-11(16)8-2-3-9(14)10(15)6-8/h2-3,6,13-15H,1,4-5,7H2. The number of hydrogen-bond acceptors (Lipinski definition) is 4. The fourth-order valence-electron chi connectivity index (χ4n) is 1.19. The van der Waals surface area contributed by atoms with Crippen LogP contribution in [0.5, 0.6) is 11.5 Å². The predicted molar refractivity (Wildman–Crippen MR) is 62.3 cm³/mol. The number of alkyl halides is 1. The van der Waals surface area contributed by atoms with E-state index in [1.54, 1.807) is 0 Å². The van der Waals surface area contributed by atoms with Crippen LogP contribution >= 0.6 is 11.6 Å². The minimum absolute atomic E-state index is 0.134. The topological polar surface area (TPSA) is 69.6 Å². The van der Waals surface area contributed by atoms with Crippen molar-refractivity contribution in [3.05, 3.63) is 23.8 Å². The third kappa shape index (κ3) is 3.72. The minimum Gasteiger partial charge on any atom is -0.504 e. The molecule has 4 nitrogen and oxygen atoms in total. The molecule has 0 saturated carbocycles. The highest BCUT2D eigenvalue weighted by atomic mass is 35.5. The van der Waals surface area contributed by atoms with Gasteiger partial charge >= 0.3 is 0 Å². The van der Waals surface area contributed by atoms with Gasteiger partial charge in [0.15, 0.2) is 17.3 Å². The first kappa shape index (κ1) is 12.8. The van der Waals surface area contributed by atoms with Crippen LogP contribution < -0.4 is 5.32 Å². The summed E-state index contributed by atoms with van der Waals surface area (Å²) in [6.45, 7) is 0.875. The Kier molecular flexibility index (Phi) is 5.08. The van der Waals surface area contributed by atoms with Crippen molar-refractivity contribution in [3.8, 4) is 11.5 Å². The molecular formula is C11H14ClNO3. The second-order valence-corrected chi connectivity index (χ2v) is 3.72. The Morgan fingerprint density at radius 1 is 1.31 bits per heavy atom. The predicted octanol–water partition coefficient (Wildman–Crippen LogP) is 1.50. The molecule has 16 heavy (non-hydrogen) atoms. The second kappa shape index (κ2) is 6.35. The Hall–Kier alpha value is -1.26. The maximum atomic E-state index is 11.6. The quantitative estimate of drug-likeness (QED) is 0.307. The SMILES string of the molecule is O=C(CNCCCCl)c1ccc(O)c(O)c1. The number of ketones is 1. The average molecular weight is 244 g/mol. The number of hydrogen-bond donors (Lipinski definition) is 3. The monoisotopic (exact) mass is 243 g/mol. The van der Waals surface area contributed by atoms with Crippen LogP contribution in [0, 0.1) is 0 Å². The van der Waals surface area contributed by atoms with Crippen molar-refractivity contribution in [1.82, 2.24) is 5.32 Å². The molecule has 0 unspecified atom stereocenters. The number of carbonyl (C=O) groups is 1. The number of rotatable bonds is 6. The maximum absolute atomic E-state index is 11.6. The van der Waals surface area contributed by atoms with Gasteiger partial charge in [0, 0.05) is 11.4 Å². The number of aromatic hydroxyl groups is 2. The number of halogens is 1. The molecule has 0 heterocycles. The number of Topliss-reactive ketones (excluding diaryl/α,β-unsaturated/α-hetero) is 1. The van der Waals surface area contributed by atoms with Gasteiger partial charge in [0.25, 0.3) is 0 Å². The molecule has 0 bridgehead atoms. The normalized spacial score (nSPS) is 10.3. The minimum atomic E-state index is -0.286. The van der Waals surface area contributed by atoms with Gasteiger partial charge in [-0.25, -0.2) is 0 Å². The summed E-state index contributed by atoms with van der Waals surface area (Å²) >= 11 is 5.49. The van der Waals surface area contributed by atoms with E-state index >= 15 is 0 Å². The zero-order chi connectivity index (χ0) is 12.0. The van der Waals surface area contributed by atoms with E-state index in [4.69, 9.17) is 16.7 Å². The van der Waals surface area contributed by atoms with Gasteiger partial charge in [0.2, 0.25) is 0 Å². The van der Waals surface area contributed by atoms with Crippen molar-refractivity contribution in [3.63, 3.8) is 0 Å². The average Bonchev–Trinajstić information content (AvgIpc) is 2.28. The van der Waals surface area contributed by atoms with E-state index in [1.165, 1.54) is 18.2 Å². The summed E-state index contributed by atoms with van der Waals surface area (Å²) in [6, 6.07) is 4.02. The van der Waals surface area contributed by atoms with Crippen molar-refractivity contribution in [2.24, 2.45) is 0 Å². The van der Waals surface area contributed by atoms with Gasteiger partial charge in [-0.2, -0.15) is 0 Å². The number of phenols is 2. The Bertz CT molecular complexity index is 368. The zero-order valence-corrected chi connectivity index (χ0v) is 9.50. The Morgan fingerprint density at radius 2 is 2.06 bits per heavy atom. The molecule has 0 amide bonds. The molecule has 1 aromatic rings. The molecule has 88 valence electrons. The third-order valence-electron chi connectivity index (χ3n) is 2.07. The Labute approximate surface area is 98.9 Å². The van der Waals surface area contributed by atoms with Crippen LogP contribution in [-0.2, 0) is 0 Å². The lowest BCUT2D eigenvalue weighted by atomic mass is 10.1. The van der Waals surface area contributed by atoms with Gasteiger partial charge in [-0.05, 0) is 31.2 Å². The van der Waals surface area contributed by atoms with Gasteiger partial charge in [-0.3, -0.25) is 4.79 Å². The van der Waals surface area contributed by atoms with Crippen LogP contribution in [0.2, 0.25) is 0 Å². The first-order chi connectivity index (χ1) is 7.65. The molecule has 0 aliphatic heterocycles. The number of benzene rings is 1. The summed E-state index contributed by atoms with van der Waals surface area (Å²) < 4.78 is 0. The van der Waals surface area contributed by atoms with Crippen LogP contribution in [-0.4, -0.2) is 35.0 Å². The van der Waals surface area contributed by atoms with Gasteiger partial charge < -0.3 is 15.5 Å². The molecule has 0 spiro atoms. The fraction of sp³-hybridized carbons (Fsp3) is 0.364. The highest BCUT2D eigenvalue weighted by molar-refractivity contribution is 6.17. The highest BCUT2D eigenvalue weighted by Crippen LogP contribution is 2.24. The number of nitrogens with one attached hydrogen (secondary N) is 1. The molecule has 0 aliphatic carbocycles. The molecule has 0 aliphatic rings. The summed E-state index contributed by atoms with van der Waals surface area (Å²) in [5.74, 6) is -0.0931. The van der Waals surface area contributed by atoms with Crippen LogP contribution in [0.15, 0.2) is 18.2 Å². The van der Waals surface area contributed by atoms with E-state index in [2.05, 4.69) is 5.32 Å². The van der Waals surface area contributed by atoms with E-state index < -0.39 is 0 Å². The van der Waals surface area contributed by atoms with Crippen molar-refractivity contribution < 1.29 is 15.0 Å². The summed E-state index contributed by atoms with van der Waals surface area (Å²) in [4.78, 5) is 11.6. The van der Waals surface area contributed by atoms with Crippen LogP contribution in [0.1, 0.15) is 16.8 Å². The lowest BCUT2D eigenvalue weighted by Gasteiger charge is -2.04. The summed E-state index contributed by atoms with van der Waals surface area (Å²) in [5, 5.41) is 21.2. The summed E-state index contributed by atoms with van der Waals surface area (Å²) in [7, 11) is 0. The largest absolute Gasteiger partial charge is 0.504 e. The van der Waals surface area contributed by atoms with E-state index in [0.29, 0.717) is 18.0 Å². The molecule has 5 heteroatoms. The van der Waals surface area contributed by atoms with Gasteiger partial charge in [0.05, 0.1) is 6.54 Å².